The predicted octanol–water partition coefficient (Wildman–Crippen LogP) is 2.24. The van der Waals surface area contributed by atoms with E-state index in [2.05, 4.69) is 42.0 Å². The Balaban J connectivity index is 1.71. The number of likely N-dealkylation sites (tertiary alicyclic amines) is 1. The highest BCUT2D eigenvalue weighted by Crippen LogP contribution is 2.29. The minimum atomic E-state index is 0.687. The molecule has 0 amide bonds. The Morgan fingerprint density at radius 1 is 1.30 bits per heavy atom. The van der Waals surface area contributed by atoms with Crippen LogP contribution >= 0.6 is 0 Å². The van der Waals surface area contributed by atoms with Gasteiger partial charge in [-0.05, 0) is 55.8 Å². The van der Waals surface area contributed by atoms with Gasteiger partial charge in [0.1, 0.15) is 0 Å². The molecule has 110 valence electrons. The molecule has 3 rings (SSSR count). The molecule has 2 unspecified atom stereocenters. The van der Waals surface area contributed by atoms with Crippen molar-refractivity contribution in [3.63, 3.8) is 0 Å². The van der Waals surface area contributed by atoms with Crippen LogP contribution in [0, 0.1) is 5.92 Å². The van der Waals surface area contributed by atoms with Crippen molar-refractivity contribution in [3.05, 3.63) is 29.3 Å². The Labute approximate surface area is 122 Å². The molecule has 3 heteroatoms. The third kappa shape index (κ3) is 2.70. The SMILES string of the molecule is CC1CCC(CN)CN1Cc1ccc2c(c1)CCN2C. The van der Waals surface area contributed by atoms with Gasteiger partial charge in [0.25, 0.3) is 0 Å². The number of piperidine rings is 1. The van der Waals surface area contributed by atoms with Gasteiger partial charge in [0, 0.05) is 38.4 Å². The van der Waals surface area contributed by atoms with E-state index in [0.717, 1.165) is 26.2 Å². The summed E-state index contributed by atoms with van der Waals surface area (Å²) in [7, 11) is 2.18. The van der Waals surface area contributed by atoms with Gasteiger partial charge in [-0.25, -0.2) is 0 Å². The summed E-state index contributed by atoms with van der Waals surface area (Å²) >= 11 is 0. The minimum Gasteiger partial charge on any atom is -0.374 e. The zero-order chi connectivity index (χ0) is 14.1. The summed E-state index contributed by atoms with van der Waals surface area (Å²) in [6, 6.07) is 7.71. The topological polar surface area (TPSA) is 32.5 Å². The average Bonchev–Trinajstić information content (AvgIpc) is 2.82. The third-order valence-corrected chi connectivity index (χ3v) is 5.10. The van der Waals surface area contributed by atoms with Crippen LogP contribution in [0.3, 0.4) is 0 Å². The van der Waals surface area contributed by atoms with Crippen molar-refractivity contribution >= 4 is 5.69 Å². The van der Waals surface area contributed by atoms with Crippen LogP contribution in [0.1, 0.15) is 30.9 Å². The van der Waals surface area contributed by atoms with E-state index < -0.39 is 0 Å². The van der Waals surface area contributed by atoms with Crippen LogP contribution in [0.2, 0.25) is 0 Å². The number of rotatable bonds is 3. The fraction of sp³-hybridized carbons (Fsp3) is 0.647. The van der Waals surface area contributed by atoms with Crippen LogP contribution in [-0.2, 0) is 13.0 Å². The van der Waals surface area contributed by atoms with Crippen LogP contribution in [0.15, 0.2) is 18.2 Å². The number of hydrogen-bond acceptors (Lipinski definition) is 3. The standard InChI is InChI=1S/C17H27N3/c1-13-3-4-15(10-18)12-20(13)11-14-5-6-17-16(9-14)7-8-19(17)2/h5-6,9,13,15H,3-4,7-8,10-12,18H2,1-2H3. The first-order valence-corrected chi connectivity index (χ1v) is 7.94. The quantitative estimate of drug-likeness (QED) is 0.917. The van der Waals surface area contributed by atoms with E-state index in [1.165, 1.54) is 36.1 Å². The lowest BCUT2D eigenvalue weighted by atomic mass is 9.93. The molecule has 2 atom stereocenters. The maximum Gasteiger partial charge on any atom is 0.0397 e. The highest BCUT2D eigenvalue weighted by atomic mass is 15.2. The van der Waals surface area contributed by atoms with Gasteiger partial charge < -0.3 is 10.6 Å². The van der Waals surface area contributed by atoms with Crippen molar-refractivity contribution in [3.8, 4) is 0 Å². The molecular formula is C17H27N3. The van der Waals surface area contributed by atoms with Crippen molar-refractivity contribution in [2.75, 3.05) is 31.6 Å². The number of nitrogens with two attached hydrogens (primary N) is 1. The normalized spacial score (nSPS) is 26.9. The lowest BCUT2D eigenvalue weighted by molar-refractivity contribution is 0.113. The first-order chi connectivity index (χ1) is 9.67. The summed E-state index contributed by atoms with van der Waals surface area (Å²) < 4.78 is 0. The van der Waals surface area contributed by atoms with Gasteiger partial charge in [-0.1, -0.05) is 12.1 Å². The monoisotopic (exact) mass is 273 g/mol. The number of nitrogens with zero attached hydrogens (tertiary/aromatic N) is 2. The summed E-state index contributed by atoms with van der Waals surface area (Å²) in [4.78, 5) is 4.97. The fourth-order valence-corrected chi connectivity index (χ4v) is 3.63. The van der Waals surface area contributed by atoms with Crippen molar-refractivity contribution in [2.45, 2.75) is 38.8 Å². The molecule has 0 spiro atoms. The summed E-state index contributed by atoms with van der Waals surface area (Å²) in [6.07, 6.45) is 3.78. The number of fused-ring (bicyclic) bond motifs is 1. The van der Waals surface area contributed by atoms with Crippen LogP contribution in [0.4, 0.5) is 5.69 Å². The Kier molecular flexibility index (Phi) is 3.99. The second-order valence-corrected chi connectivity index (χ2v) is 6.59. The van der Waals surface area contributed by atoms with Gasteiger partial charge >= 0.3 is 0 Å². The molecule has 1 saturated heterocycles. The molecule has 3 nitrogen and oxygen atoms in total. The minimum absolute atomic E-state index is 0.687. The van der Waals surface area contributed by atoms with E-state index in [1.807, 2.05) is 0 Å². The number of anilines is 1. The van der Waals surface area contributed by atoms with Gasteiger partial charge in [0.2, 0.25) is 0 Å². The second-order valence-electron chi connectivity index (χ2n) is 6.59. The molecule has 2 N–H and O–H groups in total. The van der Waals surface area contributed by atoms with E-state index in [1.54, 1.807) is 0 Å². The zero-order valence-corrected chi connectivity index (χ0v) is 12.8. The van der Waals surface area contributed by atoms with E-state index in [-0.39, 0.29) is 0 Å². The summed E-state index contributed by atoms with van der Waals surface area (Å²) in [5, 5.41) is 0. The van der Waals surface area contributed by atoms with Gasteiger partial charge in [-0.2, -0.15) is 0 Å². The zero-order valence-electron chi connectivity index (χ0n) is 12.8. The molecule has 0 aliphatic carbocycles. The summed E-state index contributed by atoms with van der Waals surface area (Å²) in [5.74, 6) is 0.687. The fourth-order valence-electron chi connectivity index (χ4n) is 3.63. The van der Waals surface area contributed by atoms with Gasteiger partial charge in [0.15, 0.2) is 0 Å². The van der Waals surface area contributed by atoms with Crippen LogP contribution in [0.25, 0.3) is 0 Å². The Morgan fingerprint density at radius 3 is 2.95 bits per heavy atom. The van der Waals surface area contributed by atoms with Crippen LogP contribution < -0.4 is 10.6 Å². The van der Waals surface area contributed by atoms with Gasteiger partial charge in [-0.3, -0.25) is 4.90 Å². The molecule has 2 aliphatic heterocycles. The predicted molar refractivity (Wildman–Crippen MR) is 85.1 cm³/mol. The number of benzene rings is 1. The number of hydrogen-bond donors (Lipinski definition) is 1. The first-order valence-electron chi connectivity index (χ1n) is 7.94. The molecule has 2 aliphatic rings. The van der Waals surface area contributed by atoms with E-state index in [0.29, 0.717) is 12.0 Å². The molecule has 1 fully saturated rings. The third-order valence-electron chi connectivity index (χ3n) is 5.10. The summed E-state index contributed by atoms with van der Waals surface area (Å²) in [5.41, 5.74) is 10.3. The molecule has 0 aromatic heterocycles. The molecule has 20 heavy (non-hydrogen) atoms. The Morgan fingerprint density at radius 2 is 2.15 bits per heavy atom. The maximum absolute atomic E-state index is 5.86. The molecular weight excluding hydrogens is 246 g/mol. The lowest BCUT2D eigenvalue weighted by Crippen LogP contribution is -2.43. The summed E-state index contributed by atoms with van der Waals surface area (Å²) in [6.45, 7) is 6.59. The van der Waals surface area contributed by atoms with Gasteiger partial charge in [-0.15, -0.1) is 0 Å². The van der Waals surface area contributed by atoms with E-state index in [9.17, 15) is 0 Å². The maximum atomic E-state index is 5.86. The van der Waals surface area contributed by atoms with Crippen molar-refractivity contribution in [2.24, 2.45) is 11.7 Å². The highest BCUT2D eigenvalue weighted by Gasteiger charge is 2.25. The molecule has 1 aromatic carbocycles. The lowest BCUT2D eigenvalue weighted by Gasteiger charge is -2.37. The first kappa shape index (κ1) is 13.9. The molecule has 1 aromatic rings. The van der Waals surface area contributed by atoms with Crippen LogP contribution in [0.5, 0.6) is 0 Å². The smallest absolute Gasteiger partial charge is 0.0397 e. The van der Waals surface area contributed by atoms with Gasteiger partial charge in [0.05, 0.1) is 0 Å². The van der Waals surface area contributed by atoms with Crippen molar-refractivity contribution < 1.29 is 0 Å². The number of likely N-dealkylation sites (N-methyl/N-ethyl adjacent to an activating group) is 1. The Hall–Kier alpha value is -1.06. The van der Waals surface area contributed by atoms with Crippen molar-refractivity contribution in [1.82, 2.24) is 4.90 Å². The highest BCUT2D eigenvalue weighted by molar-refractivity contribution is 5.58. The molecule has 0 saturated carbocycles. The average molecular weight is 273 g/mol. The molecule has 2 heterocycles. The Bertz CT molecular complexity index is 471. The molecule has 0 radical (unpaired) electrons. The van der Waals surface area contributed by atoms with E-state index in [4.69, 9.17) is 5.73 Å². The molecule has 0 bridgehead atoms. The van der Waals surface area contributed by atoms with E-state index >= 15 is 0 Å². The van der Waals surface area contributed by atoms with Crippen LogP contribution in [-0.4, -0.2) is 37.6 Å². The largest absolute Gasteiger partial charge is 0.374 e. The second kappa shape index (κ2) is 5.74. The van der Waals surface area contributed by atoms with Crippen molar-refractivity contribution in [1.29, 1.82) is 0 Å².